The number of rotatable bonds is 6. The van der Waals surface area contributed by atoms with Crippen molar-refractivity contribution in [3.63, 3.8) is 0 Å². The topological polar surface area (TPSA) is 74.6 Å². The van der Waals surface area contributed by atoms with Crippen molar-refractivity contribution in [2.45, 2.75) is 26.7 Å². The lowest BCUT2D eigenvalue weighted by Gasteiger charge is -2.00. The van der Waals surface area contributed by atoms with Crippen molar-refractivity contribution in [2.75, 3.05) is 6.16 Å². The van der Waals surface area contributed by atoms with Crippen molar-refractivity contribution in [3.05, 3.63) is 12.2 Å². The fourth-order valence-electron chi connectivity index (χ4n) is 0.877. The minimum Gasteiger partial charge on any atom is -0.324 e. The third kappa shape index (κ3) is 9.65. The average molecular weight is 220 g/mol. The van der Waals surface area contributed by atoms with Gasteiger partial charge in [0.15, 0.2) is 0 Å². The fourth-order valence-corrected chi connectivity index (χ4v) is 1.47. The maximum Gasteiger partial charge on any atom is 0.332 e. The van der Waals surface area contributed by atoms with E-state index < -0.39 is 19.5 Å². The summed E-state index contributed by atoms with van der Waals surface area (Å²) >= 11 is 0. The van der Waals surface area contributed by atoms with Crippen LogP contribution >= 0.6 is 7.60 Å². The van der Waals surface area contributed by atoms with Crippen LogP contribution in [0.15, 0.2) is 12.2 Å². The molecule has 5 heteroatoms. The molecule has 0 aromatic heterocycles. The molecule has 0 amide bonds. The molecular formula is C9H17O4P. The predicted molar refractivity (Wildman–Crippen MR) is 55.1 cm³/mol. The monoisotopic (exact) mass is 220 g/mol. The highest BCUT2D eigenvalue weighted by molar-refractivity contribution is 7.52. The van der Waals surface area contributed by atoms with Gasteiger partial charge in [-0.2, -0.15) is 0 Å². The number of hydrogen-bond acceptors (Lipinski definition) is 2. The van der Waals surface area contributed by atoms with Crippen molar-refractivity contribution in [2.24, 2.45) is 5.92 Å². The highest BCUT2D eigenvalue weighted by Crippen LogP contribution is 2.34. The Balaban J connectivity index is 3.75. The maximum atomic E-state index is 11.0. The summed E-state index contributed by atoms with van der Waals surface area (Å²) in [5, 5.41) is 0. The Kier molecular flexibility index (Phi) is 5.93. The lowest BCUT2D eigenvalue weighted by molar-refractivity contribution is -0.116. The standard InChI is InChI=1S/C9H17O4P/c1-8(2)5-3-4-6-9(10)7-14(11,12)13/h3-4,8H,5-7H2,1-2H3,(H2,11,12,13). The molecule has 0 aromatic rings. The first-order chi connectivity index (χ1) is 6.31. The quantitative estimate of drug-likeness (QED) is 0.528. The molecular weight excluding hydrogens is 203 g/mol. The van der Waals surface area contributed by atoms with Crippen molar-refractivity contribution in [1.82, 2.24) is 0 Å². The van der Waals surface area contributed by atoms with Gasteiger partial charge in [0.25, 0.3) is 0 Å². The number of Topliss-reactive ketones (excluding diaryl/α,β-unsaturated/α-hetero) is 1. The van der Waals surface area contributed by atoms with E-state index in [2.05, 4.69) is 13.8 Å². The molecule has 4 nitrogen and oxygen atoms in total. The molecule has 82 valence electrons. The Bertz CT molecular complexity index is 252. The molecule has 0 heterocycles. The molecule has 2 N–H and O–H groups in total. The van der Waals surface area contributed by atoms with E-state index in [1.54, 1.807) is 6.08 Å². The van der Waals surface area contributed by atoms with Crippen LogP contribution in [0.2, 0.25) is 0 Å². The van der Waals surface area contributed by atoms with E-state index in [1.807, 2.05) is 6.08 Å². The van der Waals surface area contributed by atoms with Crippen molar-refractivity contribution < 1.29 is 19.1 Å². The Hall–Kier alpha value is -0.440. The van der Waals surface area contributed by atoms with Gasteiger partial charge in [-0.1, -0.05) is 26.0 Å². The summed E-state index contributed by atoms with van der Waals surface area (Å²) in [5.41, 5.74) is 0. The molecule has 0 aliphatic heterocycles. The fraction of sp³-hybridized carbons (Fsp3) is 0.667. The van der Waals surface area contributed by atoms with Crippen LogP contribution in [0.25, 0.3) is 0 Å². The van der Waals surface area contributed by atoms with Gasteiger partial charge in [-0.05, 0) is 12.3 Å². The normalized spacial score (nSPS) is 12.6. The number of hydrogen-bond donors (Lipinski definition) is 2. The second-order valence-corrected chi connectivity index (χ2v) is 5.31. The van der Waals surface area contributed by atoms with Gasteiger partial charge in [0.05, 0.1) is 0 Å². The van der Waals surface area contributed by atoms with Crippen LogP contribution in [0.5, 0.6) is 0 Å². The second kappa shape index (κ2) is 6.12. The summed E-state index contributed by atoms with van der Waals surface area (Å²) in [4.78, 5) is 28.0. The second-order valence-electron chi connectivity index (χ2n) is 3.67. The van der Waals surface area contributed by atoms with E-state index >= 15 is 0 Å². The van der Waals surface area contributed by atoms with Gasteiger partial charge < -0.3 is 9.79 Å². The van der Waals surface area contributed by atoms with Gasteiger partial charge in [0.2, 0.25) is 0 Å². The molecule has 0 bridgehead atoms. The zero-order chi connectivity index (χ0) is 11.2. The van der Waals surface area contributed by atoms with Crippen LogP contribution in [0.1, 0.15) is 26.7 Å². The van der Waals surface area contributed by atoms with Crippen LogP contribution in [0.3, 0.4) is 0 Å². The number of allylic oxidation sites excluding steroid dienone is 2. The summed E-state index contributed by atoms with van der Waals surface area (Å²) < 4.78 is 10.4. The van der Waals surface area contributed by atoms with Crippen LogP contribution in [-0.4, -0.2) is 21.7 Å². The van der Waals surface area contributed by atoms with Gasteiger partial charge in [-0.3, -0.25) is 9.36 Å². The molecule has 0 aromatic carbocycles. The van der Waals surface area contributed by atoms with E-state index in [1.165, 1.54) is 0 Å². The third-order valence-electron chi connectivity index (χ3n) is 1.50. The first-order valence-corrected chi connectivity index (χ1v) is 6.32. The molecule has 0 fully saturated rings. The molecule has 0 unspecified atom stereocenters. The first-order valence-electron chi connectivity index (χ1n) is 4.52. The van der Waals surface area contributed by atoms with Crippen molar-refractivity contribution in [3.8, 4) is 0 Å². The highest BCUT2D eigenvalue weighted by Gasteiger charge is 2.17. The highest BCUT2D eigenvalue weighted by atomic mass is 31.2. The van der Waals surface area contributed by atoms with E-state index in [0.717, 1.165) is 6.42 Å². The largest absolute Gasteiger partial charge is 0.332 e. The third-order valence-corrected chi connectivity index (χ3v) is 2.27. The molecule has 0 aliphatic carbocycles. The Labute approximate surface area is 84.2 Å². The van der Waals surface area contributed by atoms with E-state index in [4.69, 9.17) is 9.79 Å². The Morgan fingerprint density at radius 3 is 2.36 bits per heavy atom. The van der Waals surface area contributed by atoms with Gasteiger partial charge in [0.1, 0.15) is 11.9 Å². The van der Waals surface area contributed by atoms with Gasteiger partial charge in [0, 0.05) is 6.42 Å². The summed E-state index contributed by atoms with van der Waals surface area (Å²) in [5.74, 6) is 0.112. The van der Waals surface area contributed by atoms with E-state index in [-0.39, 0.29) is 6.42 Å². The molecule has 0 rings (SSSR count). The molecule has 0 radical (unpaired) electrons. The van der Waals surface area contributed by atoms with Gasteiger partial charge in [-0.15, -0.1) is 0 Å². The first kappa shape index (κ1) is 13.6. The minimum atomic E-state index is -4.17. The van der Waals surface area contributed by atoms with Crippen LogP contribution in [0, 0.1) is 5.92 Å². The molecule has 0 aliphatic rings. The molecule has 0 atom stereocenters. The molecule has 0 spiro atoms. The number of ketones is 1. The number of carbonyl (C=O) groups excluding carboxylic acids is 1. The lowest BCUT2D eigenvalue weighted by Crippen LogP contribution is -2.03. The van der Waals surface area contributed by atoms with E-state index in [0.29, 0.717) is 5.92 Å². The Morgan fingerprint density at radius 2 is 1.93 bits per heavy atom. The van der Waals surface area contributed by atoms with Crippen LogP contribution < -0.4 is 0 Å². The summed E-state index contributed by atoms with van der Waals surface area (Å²) in [6.45, 7) is 4.11. The average Bonchev–Trinajstić information content (AvgIpc) is 1.94. The predicted octanol–water partition coefficient (Wildman–Crippen LogP) is 1.73. The molecule has 14 heavy (non-hydrogen) atoms. The van der Waals surface area contributed by atoms with Crippen LogP contribution in [0.4, 0.5) is 0 Å². The summed E-state index contributed by atoms with van der Waals surface area (Å²) in [6.07, 6.45) is 3.86. The number of carbonyl (C=O) groups is 1. The van der Waals surface area contributed by atoms with Crippen molar-refractivity contribution >= 4 is 13.4 Å². The SMILES string of the molecule is CC(C)CC=CCC(=O)CP(=O)(O)O. The van der Waals surface area contributed by atoms with Crippen LogP contribution in [-0.2, 0) is 9.36 Å². The van der Waals surface area contributed by atoms with E-state index in [9.17, 15) is 9.36 Å². The summed E-state index contributed by atoms with van der Waals surface area (Å²) in [7, 11) is -4.17. The molecule has 0 saturated carbocycles. The zero-order valence-corrected chi connectivity index (χ0v) is 9.41. The summed E-state index contributed by atoms with van der Waals surface area (Å²) in [6, 6.07) is 0. The smallest absolute Gasteiger partial charge is 0.324 e. The maximum absolute atomic E-state index is 11.0. The molecule has 0 saturated heterocycles. The van der Waals surface area contributed by atoms with Gasteiger partial charge in [-0.25, -0.2) is 0 Å². The van der Waals surface area contributed by atoms with Gasteiger partial charge >= 0.3 is 7.60 Å². The van der Waals surface area contributed by atoms with Crippen molar-refractivity contribution in [1.29, 1.82) is 0 Å². The minimum absolute atomic E-state index is 0.109. The zero-order valence-electron chi connectivity index (χ0n) is 8.51. The Morgan fingerprint density at radius 1 is 1.36 bits per heavy atom. The lowest BCUT2D eigenvalue weighted by atomic mass is 10.1.